The molecule has 0 aromatic heterocycles. The Hall–Kier alpha value is -2.36. The van der Waals surface area contributed by atoms with Crippen molar-refractivity contribution in [3.8, 4) is 0 Å². The Morgan fingerprint density at radius 2 is 2.00 bits per heavy atom. The van der Waals surface area contributed by atoms with Gasteiger partial charge in [0.05, 0.1) is 0 Å². The minimum absolute atomic E-state index is 0.221. The summed E-state index contributed by atoms with van der Waals surface area (Å²) in [5.74, 6) is -0.591. The molecule has 110 valence electrons. The SMILES string of the molecule is CCCN(C(=O)c1ccc(C)c(F)c1)c1cccc(N)c1. The average molecular weight is 286 g/mol. The summed E-state index contributed by atoms with van der Waals surface area (Å²) in [5.41, 5.74) is 7.96. The van der Waals surface area contributed by atoms with E-state index in [1.807, 2.05) is 13.0 Å². The van der Waals surface area contributed by atoms with Gasteiger partial charge in [0.2, 0.25) is 0 Å². The summed E-state index contributed by atoms with van der Waals surface area (Å²) >= 11 is 0. The van der Waals surface area contributed by atoms with Gasteiger partial charge in [0.1, 0.15) is 5.82 Å². The first-order chi connectivity index (χ1) is 10.0. The normalized spacial score (nSPS) is 10.4. The van der Waals surface area contributed by atoms with Crippen molar-refractivity contribution in [3.63, 3.8) is 0 Å². The number of nitrogens with two attached hydrogens (primary N) is 1. The minimum Gasteiger partial charge on any atom is -0.399 e. The molecule has 4 heteroatoms. The lowest BCUT2D eigenvalue weighted by atomic mass is 10.1. The zero-order chi connectivity index (χ0) is 15.4. The predicted octanol–water partition coefficient (Wildman–Crippen LogP) is 3.77. The van der Waals surface area contributed by atoms with Crippen LogP contribution in [0.15, 0.2) is 42.5 Å². The number of nitrogens with zero attached hydrogens (tertiary/aromatic N) is 1. The van der Waals surface area contributed by atoms with Crippen molar-refractivity contribution in [2.45, 2.75) is 20.3 Å². The number of halogens is 1. The third kappa shape index (κ3) is 3.40. The molecule has 0 unspecified atom stereocenters. The molecule has 0 fully saturated rings. The number of benzene rings is 2. The van der Waals surface area contributed by atoms with Crippen molar-refractivity contribution in [1.82, 2.24) is 0 Å². The molecule has 1 amide bonds. The molecule has 21 heavy (non-hydrogen) atoms. The highest BCUT2D eigenvalue weighted by atomic mass is 19.1. The summed E-state index contributed by atoms with van der Waals surface area (Å²) in [6.07, 6.45) is 0.800. The molecule has 0 saturated carbocycles. The second-order valence-electron chi connectivity index (χ2n) is 5.02. The van der Waals surface area contributed by atoms with Crippen LogP contribution in [0.3, 0.4) is 0 Å². The summed E-state index contributed by atoms with van der Waals surface area (Å²) in [6, 6.07) is 11.7. The fourth-order valence-electron chi connectivity index (χ4n) is 2.15. The minimum atomic E-state index is -0.370. The van der Waals surface area contributed by atoms with Crippen LogP contribution in [-0.2, 0) is 0 Å². The third-order valence-corrected chi connectivity index (χ3v) is 3.29. The van der Waals surface area contributed by atoms with Crippen LogP contribution in [0.4, 0.5) is 15.8 Å². The van der Waals surface area contributed by atoms with E-state index in [9.17, 15) is 9.18 Å². The summed E-state index contributed by atoms with van der Waals surface area (Å²) in [7, 11) is 0. The topological polar surface area (TPSA) is 46.3 Å². The fourth-order valence-corrected chi connectivity index (χ4v) is 2.15. The molecule has 0 aliphatic heterocycles. The largest absolute Gasteiger partial charge is 0.399 e. The Labute approximate surface area is 124 Å². The van der Waals surface area contributed by atoms with Crippen LogP contribution in [0, 0.1) is 12.7 Å². The number of hydrogen-bond acceptors (Lipinski definition) is 2. The zero-order valence-electron chi connectivity index (χ0n) is 12.3. The average Bonchev–Trinajstić information content (AvgIpc) is 2.47. The number of carbonyl (C=O) groups is 1. The summed E-state index contributed by atoms with van der Waals surface area (Å²) in [6.45, 7) is 4.21. The van der Waals surface area contributed by atoms with E-state index in [-0.39, 0.29) is 11.7 Å². The van der Waals surface area contributed by atoms with Gasteiger partial charge >= 0.3 is 0 Å². The molecule has 2 rings (SSSR count). The Balaban J connectivity index is 2.37. The summed E-state index contributed by atoms with van der Waals surface area (Å²) < 4.78 is 13.7. The van der Waals surface area contributed by atoms with E-state index in [1.165, 1.54) is 6.07 Å². The van der Waals surface area contributed by atoms with Gasteiger partial charge in [0, 0.05) is 23.5 Å². The number of hydrogen-bond donors (Lipinski definition) is 1. The molecule has 2 aromatic rings. The Kier molecular flexibility index (Phi) is 4.58. The van der Waals surface area contributed by atoms with Gasteiger partial charge in [-0.3, -0.25) is 4.79 Å². The van der Waals surface area contributed by atoms with Gasteiger partial charge in [-0.05, 0) is 49.2 Å². The third-order valence-electron chi connectivity index (χ3n) is 3.29. The van der Waals surface area contributed by atoms with Crippen LogP contribution in [0.5, 0.6) is 0 Å². The predicted molar refractivity (Wildman–Crippen MR) is 84.0 cm³/mol. The molecule has 3 nitrogen and oxygen atoms in total. The van der Waals surface area contributed by atoms with Crippen LogP contribution in [0.2, 0.25) is 0 Å². The molecule has 0 saturated heterocycles. The van der Waals surface area contributed by atoms with E-state index < -0.39 is 0 Å². The Morgan fingerprint density at radius 3 is 2.62 bits per heavy atom. The van der Waals surface area contributed by atoms with Crippen LogP contribution in [0.1, 0.15) is 29.3 Å². The number of anilines is 2. The molecule has 2 aromatic carbocycles. The lowest BCUT2D eigenvalue weighted by Gasteiger charge is -2.23. The lowest BCUT2D eigenvalue weighted by molar-refractivity contribution is 0.0986. The van der Waals surface area contributed by atoms with Crippen LogP contribution >= 0.6 is 0 Å². The van der Waals surface area contributed by atoms with Gasteiger partial charge < -0.3 is 10.6 Å². The quantitative estimate of drug-likeness (QED) is 0.870. The maximum atomic E-state index is 13.7. The van der Waals surface area contributed by atoms with E-state index >= 15 is 0 Å². The Bertz CT molecular complexity index is 655. The molecule has 0 spiro atoms. The smallest absolute Gasteiger partial charge is 0.258 e. The van der Waals surface area contributed by atoms with Crippen molar-refractivity contribution in [2.75, 3.05) is 17.2 Å². The van der Waals surface area contributed by atoms with E-state index in [4.69, 9.17) is 5.73 Å². The second-order valence-corrected chi connectivity index (χ2v) is 5.02. The molecular formula is C17H19FN2O. The maximum absolute atomic E-state index is 13.7. The monoisotopic (exact) mass is 286 g/mol. The fraction of sp³-hybridized carbons (Fsp3) is 0.235. The summed E-state index contributed by atoms with van der Waals surface area (Å²) in [5, 5.41) is 0. The number of rotatable bonds is 4. The van der Waals surface area contributed by atoms with Gasteiger partial charge in [-0.2, -0.15) is 0 Å². The molecule has 0 radical (unpaired) electrons. The Morgan fingerprint density at radius 1 is 1.24 bits per heavy atom. The van der Waals surface area contributed by atoms with Crippen molar-refractivity contribution in [1.29, 1.82) is 0 Å². The van der Waals surface area contributed by atoms with Crippen molar-refractivity contribution >= 4 is 17.3 Å². The zero-order valence-corrected chi connectivity index (χ0v) is 12.3. The van der Waals surface area contributed by atoms with Gasteiger partial charge in [0.15, 0.2) is 0 Å². The number of nitrogen functional groups attached to an aromatic ring is 1. The highest BCUT2D eigenvalue weighted by molar-refractivity contribution is 6.06. The number of aryl methyl sites for hydroxylation is 1. The molecule has 0 bridgehead atoms. The van der Waals surface area contributed by atoms with Crippen molar-refractivity contribution in [3.05, 3.63) is 59.4 Å². The van der Waals surface area contributed by atoms with Crippen LogP contribution < -0.4 is 10.6 Å². The number of amides is 1. The first-order valence-corrected chi connectivity index (χ1v) is 6.96. The standard InChI is InChI=1S/C17H19FN2O/c1-3-9-20(15-6-4-5-14(19)11-15)17(21)13-8-7-12(2)16(18)10-13/h4-8,10-11H,3,9,19H2,1-2H3. The number of carbonyl (C=O) groups excluding carboxylic acids is 1. The van der Waals surface area contributed by atoms with Gasteiger partial charge in [-0.15, -0.1) is 0 Å². The molecule has 0 aliphatic rings. The van der Waals surface area contributed by atoms with Gasteiger partial charge in [-0.25, -0.2) is 4.39 Å². The summed E-state index contributed by atoms with van der Waals surface area (Å²) in [4.78, 5) is 14.3. The van der Waals surface area contributed by atoms with E-state index in [2.05, 4.69) is 0 Å². The highest BCUT2D eigenvalue weighted by Gasteiger charge is 2.18. The van der Waals surface area contributed by atoms with E-state index in [0.717, 1.165) is 12.1 Å². The molecule has 2 N–H and O–H groups in total. The van der Waals surface area contributed by atoms with Gasteiger partial charge in [-0.1, -0.05) is 19.1 Å². The van der Waals surface area contributed by atoms with E-state index in [1.54, 1.807) is 42.2 Å². The molecular weight excluding hydrogens is 267 g/mol. The van der Waals surface area contributed by atoms with Crippen molar-refractivity contribution in [2.24, 2.45) is 0 Å². The maximum Gasteiger partial charge on any atom is 0.258 e. The lowest BCUT2D eigenvalue weighted by Crippen LogP contribution is -2.31. The van der Waals surface area contributed by atoms with Gasteiger partial charge in [0.25, 0.3) is 5.91 Å². The first kappa shape index (κ1) is 15.0. The second kappa shape index (κ2) is 6.39. The highest BCUT2D eigenvalue weighted by Crippen LogP contribution is 2.21. The molecule has 0 atom stereocenters. The molecule has 0 aliphatic carbocycles. The van der Waals surface area contributed by atoms with Crippen LogP contribution in [-0.4, -0.2) is 12.5 Å². The first-order valence-electron chi connectivity index (χ1n) is 6.96. The van der Waals surface area contributed by atoms with Crippen molar-refractivity contribution < 1.29 is 9.18 Å². The van der Waals surface area contributed by atoms with E-state index in [0.29, 0.717) is 23.4 Å². The molecule has 0 heterocycles. The van der Waals surface area contributed by atoms with Crippen LogP contribution in [0.25, 0.3) is 0 Å².